The lowest BCUT2D eigenvalue weighted by atomic mass is 10.1. The molecule has 0 N–H and O–H groups in total. The fourth-order valence-corrected chi connectivity index (χ4v) is 1.45. The number of halogens is 1. The van der Waals surface area contributed by atoms with Crippen molar-refractivity contribution in [2.24, 2.45) is 4.99 Å². The quantitative estimate of drug-likeness (QED) is 0.589. The Balaban J connectivity index is 2.68. The molecule has 13 heavy (non-hydrogen) atoms. The number of aliphatic imine (C=N–C) groups is 1. The molecule has 0 amide bonds. The summed E-state index contributed by atoms with van der Waals surface area (Å²) >= 11 is 3.45. The normalized spacial score (nSPS) is 9.38. The van der Waals surface area contributed by atoms with E-state index in [0.717, 1.165) is 10.9 Å². The molecule has 0 radical (unpaired) electrons. The average molecular weight is 240 g/mol. The number of hydrogen-bond acceptors (Lipinski definition) is 2. The van der Waals surface area contributed by atoms with Crippen molar-refractivity contribution in [2.45, 2.75) is 13.3 Å². The Hall–Kier alpha value is -0.920. The molecular formula is C10H10BrNO. The van der Waals surface area contributed by atoms with E-state index in [9.17, 15) is 4.79 Å². The Labute approximate surface area is 85.8 Å². The lowest BCUT2D eigenvalue weighted by Crippen LogP contribution is -1.89. The van der Waals surface area contributed by atoms with Crippen LogP contribution in [0.25, 0.3) is 0 Å². The van der Waals surface area contributed by atoms with Crippen LogP contribution in [0.1, 0.15) is 11.1 Å². The van der Waals surface area contributed by atoms with Crippen molar-refractivity contribution in [3.63, 3.8) is 0 Å². The molecule has 0 unspecified atom stereocenters. The molecule has 1 aromatic rings. The molecule has 3 heteroatoms. The second kappa shape index (κ2) is 4.95. The highest BCUT2D eigenvalue weighted by Gasteiger charge is 1.96. The second-order valence-corrected chi connectivity index (χ2v) is 3.66. The molecule has 0 saturated carbocycles. The third-order valence-electron chi connectivity index (χ3n) is 1.81. The van der Waals surface area contributed by atoms with Gasteiger partial charge in [0.25, 0.3) is 0 Å². The maximum atomic E-state index is 9.82. The van der Waals surface area contributed by atoms with Crippen LogP contribution < -0.4 is 0 Å². The summed E-state index contributed by atoms with van der Waals surface area (Å²) in [6, 6.07) is 6.14. The third-order valence-corrected chi connectivity index (χ3v) is 2.67. The van der Waals surface area contributed by atoms with Crippen molar-refractivity contribution in [2.75, 3.05) is 6.54 Å². The maximum Gasteiger partial charge on any atom is 0.234 e. The Kier molecular flexibility index (Phi) is 3.87. The van der Waals surface area contributed by atoms with Crippen molar-refractivity contribution >= 4 is 22.0 Å². The van der Waals surface area contributed by atoms with E-state index < -0.39 is 0 Å². The molecule has 1 rings (SSSR count). The number of rotatable bonds is 3. The number of hydrogen-bond donors (Lipinski definition) is 0. The van der Waals surface area contributed by atoms with Gasteiger partial charge in [-0.3, -0.25) is 0 Å². The van der Waals surface area contributed by atoms with Crippen LogP contribution in [0.15, 0.2) is 27.7 Å². The van der Waals surface area contributed by atoms with Gasteiger partial charge < -0.3 is 0 Å². The lowest BCUT2D eigenvalue weighted by molar-refractivity contribution is 0.563. The van der Waals surface area contributed by atoms with Gasteiger partial charge in [0.05, 0.1) is 6.54 Å². The number of carbonyl (C=O) groups excluding carboxylic acids is 1. The van der Waals surface area contributed by atoms with E-state index in [0.29, 0.717) is 6.54 Å². The van der Waals surface area contributed by atoms with Crippen LogP contribution in [0.3, 0.4) is 0 Å². The third kappa shape index (κ3) is 3.13. The topological polar surface area (TPSA) is 29.4 Å². The number of aryl methyl sites for hydroxylation is 1. The molecule has 68 valence electrons. The minimum Gasteiger partial charge on any atom is -0.211 e. The van der Waals surface area contributed by atoms with E-state index in [4.69, 9.17) is 0 Å². The fraction of sp³-hybridized carbons (Fsp3) is 0.300. The van der Waals surface area contributed by atoms with E-state index >= 15 is 0 Å². The molecule has 1 aromatic carbocycles. The molecule has 0 aromatic heterocycles. The van der Waals surface area contributed by atoms with Crippen LogP contribution in [0.4, 0.5) is 0 Å². The van der Waals surface area contributed by atoms with Gasteiger partial charge in [0.1, 0.15) is 0 Å². The highest BCUT2D eigenvalue weighted by molar-refractivity contribution is 9.10. The van der Waals surface area contributed by atoms with Gasteiger partial charge in [-0.2, -0.15) is 0 Å². The predicted octanol–water partition coefficient (Wildman–Crippen LogP) is 2.64. The zero-order valence-corrected chi connectivity index (χ0v) is 8.97. The highest BCUT2D eigenvalue weighted by atomic mass is 79.9. The first kappa shape index (κ1) is 10.2. The zero-order valence-electron chi connectivity index (χ0n) is 7.38. The van der Waals surface area contributed by atoms with Crippen molar-refractivity contribution in [3.05, 3.63) is 33.8 Å². The van der Waals surface area contributed by atoms with Crippen LogP contribution in [-0.2, 0) is 11.2 Å². The summed E-state index contributed by atoms with van der Waals surface area (Å²) in [5.74, 6) is 0. The first-order chi connectivity index (χ1) is 6.24. The van der Waals surface area contributed by atoms with Crippen LogP contribution in [0.2, 0.25) is 0 Å². The van der Waals surface area contributed by atoms with Gasteiger partial charge in [0.2, 0.25) is 6.08 Å². The van der Waals surface area contributed by atoms with Crippen LogP contribution in [0, 0.1) is 6.92 Å². The van der Waals surface area contributed by atoms with Crippen molar-refractivity contribution < 1.29 is 4.79 Å². The minimum absolute atomic E-state index is 0.513. The zero-order chi connectivity index (χ0) is 9.68. The molecular weight excluding hydrogens is 230 g/mol. The molecule has 0 atom stereocenters. The maximum absolute atomic E-state index is 9.82. The lowest BCUT2D eigenvalue weighted by Gasteiger charge is -2.01. The molecule has 0 heterocycles. The van der Waals surface area contributed by atoms with E-state index in [1.165, 1.54) is 17.2 Å². The van der Waals surface area contributed by atoms with Gasteiger partial charge in [0.15, 0.2) is 0 Å². The van der Waals surface area contributed by atoms with E-state index in [1.807, 2.05) is 19.1 Å². The van der Waals surface area contributed by atoms with E-state index in [-0.39, 0.29) is 0 Å². The molecule has 0 aliphatic heterocycles. The van der Waals surface area contributed by atoms with E-state index in [2.05, 4.69) is 27.0 Å². The highest BCUT2D eigenvalue weighted by Crippen LogP contribution is 2.17. The molecule has 0 saturated heterocycles. The summed E-state index contributed by atoms with van der Waals surface area (Å²) in [7, 11) is 0. The van der Waals surface area contributed by atoms with Gasteiger partial charge in [-0.1, -0.05) is 28.1 Å². The summed E-state index contributed by atoms with van der Waals surface area (Å²) < 4.78 is 1.10. The largest absolute Gasteiger partial charge is 0.234 e. The summed E-state index contributed by atoms with van der Waals surface area (Å²) in [4.78, 5) is 13.3. The Morgan fingerprint density at radius 1 is 1.54 bits per heavy atom. The van der Waals surface area contributed by atoms with Gasteiger partial charge in [-0.05, 0) is 30.5 Å². The van der Waals surface area contributed by atoms with E-state index in [1.54, 1.807) is 0 Å². The summed E-state index contributed by atoms with van der Waals surface area (Å²) in [5, 5.41) is 0. The second-order valence-electron chi connectivity index (χ2n) is 2.81. The van der Waals surface area contributed by atoms with Crippen molar-refractivity contribution in [3.8, 4) is 0 Å². The van der Waals surface area contributed by atoms with Crippen LogP contribution in [-0.4, -0.2) is 12.6 Å². The SMILES string of the molecule is Cc1ccc(CCN=C=O)cc1Br. The molecule has 0 spiro atoms. The minimum atomic E-state index is 0.513. The summed E-state index contributed by atoms with van der Waals surface area (Å²) in [6.45, 7) is 2.55. The van der Waals surface area contributed by atoms with Gasteiger partial charge in [-0.25, -0.2) is 9.79 Å². The summed E-state index contributed by atoms with van der Waals surface area (Å²) in [5.41, 5.74) is 2.39. The predicted molar refractivity (Wildman–Crippen MR) is 55.6 cm³/mol. The monoisotopic (exact) mass is 239 g/mol. The number of isocyanates is 1. The number of nitrogens with zero attached hydrogens (tertiary/aromatic N) is 1. The standard InChI is InChI=1S/C10H10BrNO/c1-8-2-3-9(6-10(8)11)4-5-12-7-13/h2-3,6H,4-5H2,1H3. The Morgan fingerprint density at radius 3 is 2.92 bits per heavy atom. The van der Waals surface area contributed by atoms with Crippen LogP contribution in [0.5, 0.6) is 0 Å². The molecule has 0 fully saturated rings. The first-order valence-electron chi connectivity index (χ1n) is 4.02. The fourth-order valence-electron chi connectivity index (χ4n) is 1.02. The van der Waals surface area contributed by atoms with Crippen molar-refractivity contribution in [1.82, 2.24) is 0 Å². The molecule has 2 nitrogen and oxygen atoms in total. The summed E-state index contributed by atoms with van der Waals surface area (Å²) in [6.07, 6.45) is 2.31. The van der Waals surface area contributed by atoms with Crippen LogP contribution >= 0.6 is 15.9 Å². The van der Waals surface area contributed by atoms with Gasteiger partial charge in [-0.15, -0.1) is 0 Å². The Morgan fingerprint density at radius 2 is 2.31 bits per heavy atom. The van der Waals surface area contributed by atoms with Gasteiger partial charge >= 0.3 is 0 Å². The smallest absolute Gasteiger partial charge is 0.211 e. The average Bonchev–Trinajstić information content (AvgIpc) is 2.12. The molecule has 0 bridgehead atoms. The molecule has 0 aliphatic rings. The number of benzene rings is 1. The van der Waals surface area contributed by atoms with Gasteiger partial charge in [0, 0.05) is 4.47 Å². The Bertz CT molecular complexity index is 343. The van der Waals surface area contributed by atoms with Crippen molar-refractivity contribution in [1.29, 1.82) is 0 Å². The molecule has 0 aliphatic carbocycles. The first-order valence-corrected chi connectivity index (χ1v) is 4.82.